The van der Waals surface area contributed by atoms with Crippen LogP contribution in [0.1, 0.15) is 22.3 Å². The van der Waals surface area contributed by atoms with Crippen LogP contribution >= 0.6 is 0 Å². The Bertz CT molecular complexity index is 564. The number of hydrogen-bond donors (Lipinski definition) is 0. The van der Waals surface area contributed by atoms with Gasteiger partial charge in [0, 0.05) is 0 Å². The summed E-state index contributed by atoms with van der Waals surface area (Å²) in [5.41, 5.74) is 5.17. The lowest BCUT2D eigenvalue weighted by atomic mass is 10.1. The Balaban J connectivity index is 0.000000184. The summed E-state index contributed by atoms with van der Waals surface area (Å²) in [6.45, 7) is 16.1. The van der Waals surface area contributed by atoms with Crippen molar-refractivity contribution in [3.05, 3.63) is 69.1 Å². The summed E-state index contributed by atoms with van der Waals surface area (Å²) in [5.74, 6) is 0. The Morgan fingerprint density at radius 1 is 0.611 bits per heavy atom. The van der Waals surface area contributed by atoms with E-state index in [4.69, 9.17) is 0 Å². The normalized spacial score (nSPS) is 9.56. The smallest absolute Gasteiger partial charge is 0.0296 e. The Morgan fingerprint density at radius 3 is 1.22 bits per heavy atom. The zero-order chi connectivity index (χ0) is 13.7. The lowest BCUT2D eigenvalue weighted by Crippen LogP contribution is -2.13. The molecular formula is C18H22. The number of benzene rings is 2. The fourth-order valence-electron chi connectivity index (χ4n) is 1.60. The second kappa shape index (κ2) is 6.20. The van der Waals surface area contributed by atoms with Crippen molar-refractivity contribution in [2.24, 2.45) is 0 Å². The maximum Gasteiger partial charge on any atom is -0.0296 e. The van der Waals surface area contributed by atoms with Gasteiger partial charge in [0.25, 0.3) is 0 Å². The van der Waals surface area contributed by atoms with Crippen molar-refractivity contribution < 1.29 is 0 Å². The zero-order valence-electron chi connectivity index (χ0n) is 11.9. The van der Waals surface area contributed by atoms with Gasteiger partial charge in [-0.3, -0.25) is 0 Å². The quantitative estimate of drug-likeness (QED) is 0.659. The maximum atomic E-state index is 3.89. The van der Waals surface area contributed by atoms with E-state index in [1.54, 1.807) is 0 Å². The zero-order valence-corrected chi connectivity index (χ0v) is 11.9. The molecule has 0 N–H and O–H groups in total. The van der Waals surface area contributed by atoms with Crippen LogP contribution in [0.2, 0.25) is 0 Å². The van der Waals surface area contributed by atoms with E-state index in [-0.39, 0.29) is 0 Å². The topological polar surface area (TPSA) is 0 Å². The molecule has 0 atom stereocenters. The van der Waals surface area contributed by atoms with Gasteiger partial charge in [0.05, 0.1) is 0 Å². The molecule has 0 fully saturated rings. The van der Waals surface area contributed by atoms with Crippen LogP contribution in [-0.4, -0.2) is 0 Å². The molecule has 0 aromatic heterocycles. The van der Waals surface area contributed by atoms with Crippen molar-refractivity contribution in [2.45, 2.75) is 27.7 Å². The summed E-state index contributed by atoms with van der Waals surface area (Å²) in [6.07, 6.45) is 0. The molecule has 0 saturated carbocycles. The third-order valence-electron chi connectivity index (χ3n) is 3.22. The predicted molar refractivity (Wildman–Crippen MR) is 82.1 cm³/mol. The van der Waals surface area contributed by atoms with Crippen molar-refractivity contribution in [1.29, 1.82) is 0 Å². The van der Waals surface area contributed by atoms with E-state index >= 15 is 0 Å². The van der Waals surface area contributed by atoms with Crippen LogP contribution in [-0.2, 0) is 0 Å². The maximum absolute atomic E-state index is 3.89. The standard InChI is InChI=1S/C10H12.C8H10/c1-7-5-9(3)10(4)6-8(7)2;1-7-5-3-4-6-8(7)2/h5-6H,1,4H2,2-3H3;3-6H,1-2H3. The van der Waals surface area contributed by atoms with Gasteiger partial charge in [0.2, 0.25) is 0 Å². The highest BCUT2D eigenvalue weighted by Crippen LogP contribution is 2.02. The molecule has 0 unspecified atom stereocenters. The third-order valence-corrected chi connectivity index (χ3v) is 3.22. The molecule has 0 spiro atoms. The molecule has 0 nitrogen and oxygen atoms in total. The molecule has 0 amide bonds. The van der Waals surface area contributed by atoms with Gasteiger partial charge in [-0.2, -0.15) is 0 Å². The molecule has 0 aliphatic rings. The van der Waals surface area contributed by atoms with Crippen molar-refractivity contribution in [1.82, 2.24) is 0 Å². The summed E-state index contributed by atoms with van der Waals surface area (Å²) in [4.78, 5) is 0. The van der Waals surface area contributed by atoms with E-state index in [0.29, 0.717) is 0 Å². The lowest BCUT2D eigenvalue weighted by Gasteiger charge is -1.95. The van der Waals surface area contributed by atoms with Crippen LogP contribution in [0.25, 0.3) is 13.2 Å². The van der Waals surface area contributed by atoms with E-state index in [1.165, 1.54) is 22.3 Å². The monoisotopic (exact) mass is 238 g/mol. The van der Waals surface area contributed by atoms with Crippen molar-refractivity contribution in [3.8, 4) is 0 Å². The highest BCUT2D eigenvalue weighted by atomic mass is 13.9. The van der Waals surface area contributed by atoms with E-state index in [9.17, 15) is 0 Å². The Labute approximate surface area is 110 Å². The summed E-state index contributed by atoms with van der Waals surface area (Å²) in [5, 5.41) is 2.20. The minimum atomic E-state index is 1.10. The van der Waals surface area contributed by atoms with Crippen LogP contribution in [0.5, 0.6) is 0 Å². The van der Waals surface area contributed by atoms with Crippen LogP contribution in [0.4, 0.5) is 0 Å². The van der Waals surface area contributed by atoms with Gasteiger partial charge in [-0.05, 0) is 60.4 Å². The van der Waals surface area contributed by atoms with Crippen LogP contribution in [0.3, 0.4) is 0 Å². The van der Waals surface area contributed by atoms with Crippen LogP contribution in [0.15, 0.2) is 36.4 Å². The third kappa shape index (κ3) is 3.89. The minimum Gasteiger partial charge on any atom is -0.0915 e. The second-order valence-electron chi connectivity index (χ2n) is 4.79. The molecule has 0 saturated heterocycles. The minimum absolute atomic E-state index is 1.10. The van der Waals surface area contributed by atoms with E-state index in [0.717, 1.165) is 10.4 Å². The van der Waals surface area contributed by atoms with Crippen LogP contribution < -0.4 is 10.4 Å². The highest BCUT2D eigenvalue weighted by molar-refractivity contribution is 5.28. The van der Waals surface area contributed by atoms with Gasteiger partial charge in [-0.1, -0.05) is 49.6 Å². The van der Waals surface area contributed by atoms with Gasteiger partial charge in [-0.25, -0.2) is 0 Å². The fourth-order valence-corrected chi connectivity index (χ4v) is 1.60. The largest absolute Gasteiger partial charge is 0.0915 e. The molecule has 18 heavy (non-hydrogen) atoms. The Hall–Kier alpha value is -1.82. The van der Waals surface area contributed by atoms with Gasteiger partial charge in [0.1, 0.15) is 0 Å². The molecule has 2 aromatic rings. The SMILES string of the molecule is C=c1cc(C)c(=C)cc1C.Cc1ccccc1C. The average molecular weight is 238 g/mol. The second-order valence-corrected chi connectivity index (χ2v) is 4.79. The average Bonchev–Trinajstić information content (AvgIpc) is 2.31. The van der Waals surface area contributed by atoms with E-state index < -0.39 is 0 Å². The summed E-state index contributed by atoms with van der Waals surface area (Å²) in [7, 11) is 0. The van der Waals surface area contributed by atoms with Gasteiger partial charge >= 0.3 is 0 Å². The number of aryl methyl sites for hydroxylation is 4. The molecule has 2 aromatic carbocycles. The highest BCUT2D eigenvalue weighted by Gasteiger charge is 1.88. The molecule has 0 radical (unpaired) electrons. The first-order valence-corrected chi connectivity index (χ1v) is 6.19. The van der Waals surface area contributed by atoms with E-state index in [1.807, 2.05) is 0 Å². The lowest BCUT2D eigenvalue weighted by molar-refractivity contribution is 1.32. The fraction of sp³-hybridized carbons (Fsp3) is 0.222. The van der Waals surface area contributed by atoms with E-state index in [2.05, 4.69) is 77.3 Å². The van der Waals surface area contributed by atoms with Crippen LogP contribution in [0, 0.1) is 27.7 Å². The van der Waals surface area contributed by atoms with Crippen molar-refractivity contribution in [2.75, 3.05) is 0 Å². The number of rotatable bonds is 0. The first kappa shape index (κ1) is 14.2. The van der Waals surface area contributed by atoms with Crippen molar-refractivity contribution >= 4 is 13.2 Å². The molecule has 0 bridgehead atoms. The molecule has 0 aliphatic heterocycles. The summed E-state index contributed by atoms with van der Waals surface area (Å²) in [6, 6.07) is 12.5. The molecule has 94 valence electrons. The number of hydrogen-bond acceptors (Lipinski definition) is 0. The Morgan fingerprint density at radius 2 is 0.944 bits per heavy atom. The first-order valence-electron chi connectivity index (χ1n) is 6.19. The molecular weight excluding hydrogens is 216 g/mol. The van der Waals surface area contributed by atoms with Gasteiger partial charge in [-0.15, -0.1) is 0 Å². The molecule has 0 heteroatoms. The molecule has 0 aliphatic carbocycles. The first-order chi connectivity index (χ1) is 8.41. The summed E-state index contributed by atoms with van der Waals surface area (Å²) >= 11 is 0. The Kier molecular flexibility index (Phi) is 4.91. The van der Waals surface area contributed by atoms with Gasteiger partial charge in [0.15, 0.2) is 0 Å². The van der Waals surface area contributed by atoms with Crippen molar-refractivity contribution in [3.63, 3.8) is 0 Å². The van der Waals surface area contributed by atoms with Gasteiger partial charge < -0.3 is 0 Å². The molecule has 0 heterocycles. The molecule has 2 rings (SSSR count). The predicted octanol–water partition coefficient (Wildman–Crippen LogP) is 3.43. The summed E-state index contributed by atoms with van der Waals surface area (Å²) < 4.78 is 0.